The summed E-state index contributed by atoms with van der Waals surface area (Å²) in [6, 6.07) is 10.7. The van der Waals surface area contributed by atoms with Crippen LogP contribution in [-0.4, -0.2) is 35.3 Å². The van der Waals surface area contributed by atoms with Crippen LogP contribution in [-0.2, 0) is 11.3 Å². The Morgan fingerprint density at radius 1 is 1.17 bits per heavy atom. The van der Waals surface area contributed by atoms with Crippen LogP contribution >= 0.6 is 0 Å². The van der Waals surface area contributed by atoms with Gasteiger partial charge in [0.25, 0.3) is 0 Å². The number of aromatic nitrogens is 1. The van der Waals surface area contributed by atoms with E-state index < -0.39 is 12.1 Å². The molecule has 2 aromatic rings. The highest BCUT2D eigenvalue weighted by Gasteiger charge is 2.05. The number of ether oxygens (including phenoxy) is 2. The lowest BCUT2D eigenvalue weighted by atomic mass is 10.2. The zero-order chi connectivity index (χ0) is 16.5. The molecule has 0 saturated heterocycles. The number of nitrogens with zero attached hydrogens (tertiary/aromatic N) is 1. The normalized spacial score (nSPS) is 9.91. The van der Waals surface area contributed by atoms with Crippen LogP contribution in [0.5, 0.6) is 5.75 Å². The molecule has 1 amide bonds. The van der Waals surface area contributed by atoms with E-state index in [0.717, 1.165) is 5.56 Å². The van der Waals surface area contributed by atoms with Gasteiger partial charge in [0.15, 0.2) is 0 Å². The molecule has 0 aliphatic carbocycles. The lowest BCUT2D eigenvalue weighted by Crippen LogP contribution is -2.28. The average Bonchev–Trinajstić information content (AvgIpc) is 2.58. The molecule has 0 atom stereocenters. The topological polar surface area (TPSA) is 97.8 Å². The number of carboxylic acids is 1. The van der Waals surface area contributed by atoms with E-state index in [9.17, 15) is 9.59 Å². The van der Waals surface area contributed by atoms with Crippen LogP contribution in [0.4, 0.5) is 4.79 Å². The summed E-state index contributed by atoms with van der Waals surface area (Å²) in [5.41, 5.74) is 0.938. The molecule has 0 fully saturated rings. The van der Waals surface area contributed by atoms with Gasteiger partial charge in [-0.15, -0.1) is 0 Å². The zero-order valence-electron chi connectivity index (χ0n) is 12.3. The maximum atomic E-state index is 11.5. The van der Waals surface area contributed by atoms with E-state index in [1.54, 1.807) is 0 Å². The number of carboxylic acid groups (broad SMARTS) is 1. The van der Waals surface area contributed by atoms with Crippen LogP contribution in [0.1, 0.15) is 15.9 Å². The molecule has 1 aromatic heterocycles. The molecule has 23 heavy (non-hydrogen) atoms. The highest BCUT2D eigenvalue weighted by molar-refractivity contribution is 5.87. The molecule has 0 aliphatic rings. The highest BCUT2D eigenvalue weighted by atomic mass is 16.5. The van der Waals surface area contributed by atoms with Gasteiger partial charge in [-0.1, -0.05) is 30.3 Å². The fourth-order valence-corrected chi connectivity index (χ4v) is 1.71. The molecular weight excluding hydrogens is 300 g/mol. The number of hydrogen-bond donors (Lipinski definition) is 2. The molecule has 7 nitrogen and oxygen atoms in total. The second-order valence-corrected chi connectivity index (χ2v) is 4.55. The fraction of sp³-hybridized carbons (Fsp3) is 0.188. The summed E-state index contributed by atoms with van der Waals surface area (Å²) >= 11 is 0. The molecule has 7 heteroatoms. The zero-order valence-corrected chi connectivity index (χ0v) is 12.3. The van der Waals surface area contributed by atoms with Crippen LogP contribution in [0, 0.1) is 0 Å². The number of alkyl carbamates (subject to hydrolysis) is 1. The summed E-state index contributed by atoms with van der Waals surface area (Å²) in [4.78, 5) is 26.0. The van der Waals surface area contributed by atoms with Gasteiger partial charge >= 0.3 is 12.1 Å². The van der Waals surface area contributed by atoms with Crippen LogP contribution in [0.3, 0.4) is 0 Å². The van der Waals surface area contributed by atoms with E-state index in [1.807, 2.05) is 30.3 Å². The average molecular weight is 316 g/mol. The van der Waals surface area contributed by atoms with Crippen molar-refractivity contribution in [2.45, 2.75) is 6.61 Å². The molecule has 0 unspecified atom stereocenters. The van der Waals surface area contributed by atoms with Gasteiger partial charge in [0.2, 0.25) is 0 Å². The number of benzene rings is 1. The minimum Gasteiger partial charge on any atom is -0.490 e. The van der Waals surface area contributed by atoms with Crippen molar-refractivity contribution in [2.75, 3.05) is 13.2 Å². The Labute approximate surface area is 132 Å². The standard InChI is InChI=1S/C16H16N2O5/c19-15(20)13-8-14(10-17-9-13)22-7-6-18-16(21)23-11-12-4-2-1-3-5-12/h1-5,8-10H,6-7,11H2,(H,18,21)(H,19,20). The number of rotatable bonds is 7. The van der Waals surface area contributed by atoms with Gasteiger partial charge in [-0.25, -0.2) is 9.59 Å². The Morgan fingerprint density at radius 2 is 1.96 bits per heavy atom. The molecule has 0 saturated carbocycles. The Balaban J connectivity index is 1.66. The predicted octanol–water partition coefficient (Wildman–Crippen LogP) is 2.08. The summed E-state index contributed by atoms with van der Waals surface area (Å²) in [5, 5.41) is 11.4. The number of hydrogen-bond acceptors (Lipinski definition) is 5. The smallest absolute Gasteiger partial charge is 0.407 e. The second-order valence-electron chi connectivity index (χ2n) is 4.55. The minimum atomic E-state index is -1.08. The maximum Gasteiger partial charge on any atom is 0.407 e. The lowest BCUT2D eigenvalue weighted by Gasteiger charge is -2.08. The summed E-state index contributed by atoms with van der Waals surface area (Å²) in [6.07, 6.45) is 2.09. The molecule has 0 radical (unpaired) electrons. The number of carbonyl (C=O) groups excluding carboxylic acids is 1. The molecule has 0 bridgehead atoms. The van der Waals surface area contributed by atoms with E-state index in [2.05, 4.69) is 10.3 Å². The number of nitrogens with one attached hydrogen (secondary N) is 1. The molecule has 2 N–H and O–H groups in total. The molecule has 0 aliphatic heterocycles. The largest absolute Gasteiger partial charge is 0.490 e. The quantitative estimate of drug-likeness (QED) is 0.759. The third-order valence-corrected chi connectivity index (χ3v) is 2.81. The van der Waals surface area contributed by atoms with Crippen LogP contribution in [0.2, 0.25) is 0 Å². The molecule has 2 rings (SSSR count). The number of carbonyl (C=O) groups is 2. The molecule has 0 spiro atoms. The van der Waals surface area contributed by atoms with Gasteiger partial charge in [0.1, 0.15) is 19.0 Å². The monoisotopic (exact) mass is 316 g/mol. The summed E-state index contributed by atoms with van der Waals surface area (Å²) < 4.78 is 10.3. The van der Waals surface area contributed by atoms with Crippen molar-refractivity contribution in [2.24, 2.45) is 0 Å². The van der Waals surface area contributed by atoms with Crippen molar-refractivity contribution in [1.82, 2.24) is 10.3 Å². The van der Waals surface area contributed by atoms with E-state index in [-0.39, 0.29) is 25.3 Å². The van der Waals surface area contributed by atoms with Gasteiger partial charge in [0.05, 0.1) is 18.3 Å². The van der Waals surface area contributed by atoms with Crippen LogP contribution in [0.15, 0.2) is 48.8 Å². The first kappa shape index (κ1) is 16.3. The first-order valence-corrected chi connectivity index (χ1v) is 6.91. The minimum absolute atomic E-state index is 0.0396. The van der Waals surface area contributed by atoms with Gasteiger partial charge in [-0.3, -0.25) is 4.98 Å². The van der Waals surface area contributed by atoms with Gasteiger partial charge in [-0.05, 0) is 11.6 Å². The van der Waals surface area contributed by atoms with Gasteiger partial charge in [-0.2, -0.15) is 0 Å². The van der Waals surface area contributed by atoms with Crippen LogP contribution < -0.4 is 10.1 Å². The van der Waals surface area contributed by atoms with E-state index in [1.165, 1.54) is 18.5 Å². The predicted molar refractivity (Wildman–Crippen MR) is 81.3 cm³/mol. The van der Waals surface area contributed by atoms with Crippen molar-refractivity contribution >= 4 is 12.1 Å². The second kappa shape index (κ2) is 8.38. The maximum absolute atomic E-state index is 11.5. The van der Waals surface area contributed by atoms with Crippen molar-refractivity contribution in [3.63, 3.8) is 0 Å². The SMILES string of the molecule is O=C(NCCOc1cncc(C(=O)O)c1)OCc1ccccc1. The summed E-state index contributed by atoms with van der Waals surface area (Å²) in [6.45, 7) is 0.591. The third-order valence-electron chi connectivity index (χ3n) is 2.81. The summed E-state index contributed by atoms with van der Waals surface area (Å²) in [7, 11) is 0. The third kappa shape index (κ3) is 5.66. The molecular formula is C16H16N2O5. The van der Waals surface area contributed by atoms with E-state index >= 15 is 0 Å². The first-order chi connectivity index (χ1) is 11.1. The fourth-order valence-electron chi connectivity index (χ4n) is 1.71. The number of amides is 1. The van der Waals surface area contributed by atoms with Crippen molar-refractivity contribution in [3.05, 3.63) is 59.9 Å². The Kier molecular flexibility index (Phi) is 5.93. The van der Waals surface area contributed by atoms with Gasteiger partial charge < -0.3 is 19.9 Å². The molecule has 120 valence electrons. The Hall–Kier alpha value is -3.09. The molecule has 1 aromatic carbocycles. The first-order valence-electron chi connectivity index (χ1n) is 6.91. The van der Waals surface area contributed by atoms with Crippen molar-refractivity contribution in [3.8, 4) is 5.75 Å². The number of pyridine rings is 1. The highest BCUT2D eigenvalue weighted by Crippen LogP contribution is 2.10. The lowest BCUT2D eigenvalue weighted by molar-refractivity contribution is 0.0696. The van der Waals surface area contributed by atoms with E-state index in [0.29, 0.717) is 5.75 Å². The van der Waals surface area contributed by atoms with Crippen molar-refractivity contribution < 1.29 is 24.2 Å². The Bertz CT molecular complexity index is 661. The van der Waals surface area contributed by atoms with Crippen LogP contribution in [0.25, 0.3) is 0 Å². The van der Waals surface area contributed by atoms with E-state index in [4.69, 9.17) is 14.6 Å². The Morgan fingerprint density at radius 3 is 2.70 bits per heavy atom. The van der Waals surface area contributed by atoms with Gasteiger partial charge in [0, 0.05) is 6.20 Å². The summed E-state index contributed by atoms with van der Waals surface area (Å²) in [5.74, 6) is -0.755. The van der Waals surface area contributed by atoms with Crippen molar-refractivity contribution in [1.29, 1.82) is 0 Å². The number of aromatic carboxylic acids is 1. The molecule has 1 heterocycles.